The first kappa shape index (κ1) is 14.0. The number of aryl methyl sites for hydroxylation is 1. The Morgan fingerprint density at radius 3 is 3.00 bits per heavy atom. The van der Waals surface area contributed by atoms with E-state index in [0.29, 0.717) is 6.54 Å². The van der Waals surface area contributed by atoms with Crippen molar-refractivity contribution >= 4 is 5.91 Å². The van der Waals surface area contributed by atoms with E-state index in [1.54, 1.807) is 12.5 Å². The molecule has 0 saturated heterocycles. The van der Waals surface area contributed by atoms with Crippen molar-refractivity contribution in [2.45, 2.75) is 13.0 Å². The highest BCUT2D eigenvalue weighted by Crippen LogP contribution is 2.17. The maximum atomic E-state index is 13.5. The second-order valence-corrected chi connectivity index (χ2v) is 4.26. The van der Waals surface area contributed by atoms with Gasteiger partial charge in [-0.1, -0.05) is 0 Å². The molecule has 0 atom stereocenters. The summed E-state index contributed by atoms with van der Waals surface area (Å²) >= 11 is 0. The van der Waals surface area contributed by atoms with Crippen molar-refractivity contribution < 1.29 is 13.9 Å². The maximum Gasteiger partial charge on any atom is 0.251 e. The van der Waals surface area contributed by atoms with Gasteiger partial charge in [0.2, 0.25) is 0 Å². The highest BCUT2D eigenvalue weighted by molar-refractivity contribution is 5.94. The molecule has 20 heavy (non-hydrogen) atoms. The maximum absolute atomic E-state index is 13.5. The minimum Gasteiger partial charge on any atom is -0.494 e. The van der Waals surface area contributed by atoms with Gasteiger partial charge in [-0.2, -0.15) is 0 Å². The highest BCUT2D eigenvalue weighted by atomic mass is 19.1. The van der Waals surface area contributed by atoms with Crippen LogP contribution in [0.5, 0.6) is 5.75 Å². The number of carbonyl (C=O) groups is 1. The molecule has 0 aliphatic carbocycles. The Morgan fingerprint density at radius 1 is 1.50 bits per heavy atom. The number of hydrogen-bond donors (Lipinski definition) is 1. The molecule has 0 fully saturated rings. The normalized spacial score (nSPS) is 10.3. The van der Waals surface area contributed by atoms with Crippen LogP contribution in [0.1, 0.15) is 16.8 Å². The summed E-state index contributed by atoms with van der Waals surface area (Å²) in [6.45, 7) is 1.29. The first-order valence-corrected chi connectivity index (χ1v) is 6.28. The summed E-state index contributed by atoms with van der Waals surface area (Å²) in [5, 5.41) is 2.75. The van der Waals surface area contributed by atoms with Crippen LogP contribution < -0.4 is 10.1 Å². The topological polar surface area (TPSA) is 56.1 Å². The zero-order chi connectivity index (χ0) is 14.4. The average molecular weight is 277 g/mol. The Balaban J connectivity index is 1.81. The van der Waals surface area contributed by atoms with Crippen molar-refractivity contribution in [1.29, 1.82) is 0 Å². The molecule has 0 bridgehead atoms. The summed E-state index contributed by atoms with van der Waals surface area (Å²) < 4.78 is 20.2. The van der Waals surface area contributed by atoms with Crippen LogP contribution in [0.25, 0.3) is 0 Å². The second-order valence-electron chi connectivity index (χ2n) is 4.26. The number of ether oxygens (including phenoxy) is 1. The summed E-state index contributed by atoms with van der Waals surface area (Å²) in [7, 11) is 1.38. The molecule has 0 saturated carbocycles. The van der Waals surface area contributed by atoms with Gasteiger partial charge in [0.25, 0.3) is 5.91 Å². The molecule has 1 aromatic carbocycles. The van der Waals surface area contributed by atoms with Crippen LogP contribution in [-0.2, 0) is 6.54 Å². The minimum atomic E-state index is -0.543. The van der Waals surface area contributed by atoms with Crippen LogP contribution in [0.15, 0.2) is 36.9 Å². The van der Waals surface area contributed by atoms with Gasteiger partial charge >= 0.3 is 0 Å². The molecule has 0 aliphatic heterocycles. The Bertz CT molecular complexity index is 570. The van der Waals surface area contributed by atoms with Crippen LogP contribution in [0.3, 0.4) is 0 Å². The fraction of sp³-hybridized carbons (Fsp3) is 0.286. The van der Waals surface area contributed by atoms with Crippen molar-refractivity contribution in [3.63, 3.8) is 0 Å². The molecule has 106 valence electrons. The van der Waals surface area contributed by atoms with Crippen LogP contribution in [0, 0.1) is 5.82 Å². The highest BCUT2D eigenvalue weighted by Gasteiger charge is 2.09. The van der Waals surface area contributed by atoms with E-state index in [1.807, 2.05) is 10.8 Å². The number of imidazole rings is 1. The lowest BCUT2D eigenvalue weighted by molar-refractivity contribution is 0.0952. The molecule has 0 aliphatic rings. The van der Waals surface area contributed by atoms with E-state index in [0.717, 1.165) is 13.0 Å². The molecule has 1 N–H and O–H groups in total. The van der Waals surface area contributed by atoms with Crippen molar-refractivity contribution in [3.8, 4) is 5.75 Å². The number of rotatable bonds is 6. The molecule has 2 aromatic rings. The van der Waals surface area contributed by atoms with E-state index < -0.39 is 5.82 Å². The van der Waals surface area contributed by atoms with E-state index in [2.05, 4.69) is 10.3 Å². The third-order valence-corrected chi connectivity index (χ3v) is 2.85. The van der Waals surface area contributed by atoms with Crippen molar-refractivity contribution in [3.05, 3.63) is 48.3 Å². The summed E-state index contributed by atoms with van der Waals surface area (Å²) in [4.78, 5) is 15.8. The predicted molar refractivity (Wildman–Crippen MR) is 72.1 cm³/mol. The van der Waals surface area contributed by atoms with Gasteiger partial charge in [0, 0.05) is 31.0 Å². The third kappa shape index (κ3) is 3.57. The Labute approximate surface area is 116 Å². The van der Waals surface area contributed by atoms with Gasteiger partial charge < -0.3 is 14.6 Å². The lowest BCUT2D eigenvalue weighted by Crippen LogP contribution is -2.25. The van der Waals surface area contributed by atoms with Gasteiger partial charge in [0.05, 0.1) is 13.4 Å². The monoisotopic (exact) mass is 277 g/mol. The number of nitrogens with zero attached hydrogens (tertiary/aromatic N) is 2. The molecular weight excluding hydrogens is 261 g/mol. The molecule has 0 radical (unpaired) electrons. The second kappa shape index (κ2) is 6.70. The molecule has 5 nitrogen and oxygen atoms in total. The lowest BCUT2D eigenvalue weighted by atomic mass is 10.2. The van der Waals surface area contributed by atoms with Crippen molar-refractivity contribution in [2.75, 3.05) is 13.7 Å². The largest absolute Gasteiger partial charge is 0.494 e. The van der Waals surface area contributed by atoms with E-state index in [-0.39, 0.29) is 17.2 Å². The Hall–Kier alpha value is -2.37. The first-order chi connectivity index (χ1) is 9.70. The predicted octanol–water partition coefficient (Wildman–Crippen LogP) is 1.85. The van der Waals surface area contributed by atoms with Crippen LogP contribution in [-0.4, -0.2) is 29.1 Å². The van der Waals surface area contributed by atoms with Gasteiger partial charge in [-0.25, -0.2) is 9.37 Å². The van der Waals surface area contributed by atoms with E-state index in [9.17, 15) is 9.18 Å². The first-order valence-electron chi connectivity index (χ1n) is 6.28. The third-order valence-electron chi connectivity index (χ3n) is 2.85. The Morgan fingerprint density at radius 2 is 2.35 bits per heavy atom. The quantitative estimate of drug-likeness (QED) is 0.820. The molecule has 0 spiro atoms. The molecule has 2 rings (SSSR count). The summed E-state index contributed by atoms with van der Waals surface area (Å²) in [5.74, 6) is -0.711. The number of halogens is 1. The van der Waals surface area contributed by atoms with Gasteiger partial charge in [-0.15, -0.1) is 0 Å². The van der Waals surface area contributed by atoms with Gasteiger partial charge in [0.1, 0.15) is 0 Å². The Kier molecular flexibility index (Phi) is 4.70. The minimum absolute atomic E-state index is 0.127. The number of benzene rings is 1. The van der Waals surface area contributed by atoms with Crippen LogP contribution in [0.4, 0.5) is 4.39 Å². The standard InChI is InChI=1S/C14H16FN3O2/c1-20-13-4-3-11(9-12(13)15)14(19)17-5-2-7-18-8-6-16-10-18/h3-4,6,8-10H,2,5,7H2,1H3,(H,17,19). The molecule has 0 unspecified atom stereocenters. The number of aromatic nitrogens is 2. The summed E-state index contributed by atoms with van der Waals surface area (Å²) in [6.07, 6.45) is 6.07. The molecular formula is C14H16FN3O2. The van der Waals surface area contributed by atoms with Crippen molar-refractivity contribution in [1.82, 2.24) is 14.9 Å². The van der Waals surface area contributed by atoms with Gasteiger partial charge in [-0.05, 0) is 24.6 Å². The number of carbonyl (C=O) groups excluding carboxylic acids is 1. The zero-order valence-corrected chi connectivity index (χ0v) is 11.2. The molecule has 6 heteroatoms. The van der Waals surface area contributed by atoms with Crippen LogP contribution in [0.2, 0.25) is 0 Å². The van der Waals surface area contributed by atoms with Crippen LogP contribution >= 0.6 is 0 Å². The smallest absolute Gasteiger partial charge is 0.251 e. The van der Waals surface area contributed by atoms with E-state index >= 15 is 0 Å². The van der Waals surface area contributed by atoms with Gasteiger partial charge in [-0.3, -0.25) is 4.79 Å². The van der Waals surface area contributed by atoms with Gasteiger partial charge in [0.15, 0.2) is 11.6 Å². The summed E-state index contributed by atoms with van der Waals surface area (Å²) in [5.41, 5.74) is 0.283. The lowest BCUT2D eigenvalue weighted by Gasteiger charge is -2.07. The number of amides is 1. The fourth-order valence-electron chi connectivity index (χ4n) is 1.79. The average Bonchev–Trinajstić information content (AvgIpc) is 2.96. The number of hydrogen-bond acceptors (Lipinski definition) is 3. The van der Waals surface area contributed by atoms with E-state index in [4.69, 9.17) is 4.74 Å². The summed E-state index contributed by atoms with van der Waals surface area (Å²) in [6, 6.07) is 4.15. The number of nitrogens with one attached hydrogen (secondary N) is 1. The SMILES string of the molecule is COc1ccc(C(=O)NCCCn2ccnc2)cc1F. The molecule has 1 amide bonds. The van der Waals surface area contributed by atoms with E-state index in [1.165, 1.54) is 25.3 Å². The fourth-order valence-corrected chi connectivity index (χ4v) is 1.79. The molecule has 1 aromatic heterocycles. The zero-order valence-electron chi connectivity index (χ0n) is 11.2. The molecule has 1 heterocycles. The van der Waals surface area contributed by atoms with Crippen molar-refractivity contribution in [2.24, 2.45) is 0 Å². The number of methoxy groups -OCH3 is 1.